The molecule has 3 rings (SSSR count). The third-order valence-corrected chi connectivity index (χ3v) is 3.95. The molecule has 0 saturated heterocycles. The second-order valence-electron chi connectivity index (χ2n) is 5.54. The largest absolute Gasteiger partial charge is 0.495 e. The number of amidine groups is 1. The molecule has 6 heteroatoms. The molecule has 23 heavy (non-hydrogen) atoms. The molecule has 2 aliphatic heterocycles. The number of ether oxygens (including phenoxy) is 1. The van der Waals surface area contributed by atoms with Gasteiger partial charge < -0.3 is 15.0 Å². The highest BCUT2D eigenvalue weighted by Gasteiger charge is 2.45. The van der Waals surface area contributed by atoms with Crippen LogP contribution in [-0.4, -0.2) is 35.2 Å². The molecule has 2 aliphatic rings. The van der Waals surface area contributed by atoms with Gasteiger partial charge in [-0.05, 0) is 31.2 Å². The summed E-state index contributed by atoms with van der Waals surface area (Å²) in [5.74, 6) is 0.438. The Kier molecular flexibility index (Phi) is 3.73. The molecule has 0 radical (unpaired) electrons. The number of hydrogen-bond donors (Lipinski definition) is 1. The monoisotopic (exact) mass is 311 g/mol. The Hall–Kier alpha value is -2.89. The van der Waals surface area contributed by atoms with Gasteiger partial charge in [0.05, 0.1) is 19.2 Å². The summed E-state index contributed by atoms with van der Waals surface area (Å²) in [5, 5.41) is 2.85. The molecular weight excluding hydrogens is 294 g/mol. The van der Waals surface area contributed by atoms with E-state index in [1.807, 2.05) is 18.2 Å². The van der Waals surface area contributed by atoms with Crippen molar-refractivity contribution in [3.63, 3.8) is 0 Å². The van der Waals surface area contributed by atoms with Crippen molar-refractivity contribution in [2.45, 2.75) is 18.9 Å². The van der Waals surface area contributed by atoms with Crippen LogP contribution in [0.3, 0.4) is 0 Å². The van der Waals surface area contributed by atoms with Crippen LogP contribution in [0.1, 0.15) is 13.3 Å². The maximum absolute atomic E-state index is 12.9. The average Bonchev–Trinajstić information content (AvgIpc) is 2.55. The Bertz CT molecular complexity index is 751. The number of methoxy groups -OCH3 is 1. The van der Waals surface area contributed by atoms with Crippen molar-refractivity contribution in [2.75, 3.05) is 12.4 Å². The van der Waals surface area contributed by atoms with Crippen molar-refractivity contribution < 1.29 is 14.3 Å². The van der Waals surface area contributed by atoms with Crippen molar-refractivity contribution in [2.24, 2.45) is 4.99 Å². The first-order valence-corrected chi connectivity index (χ1v) is 7.25. The zero-order valence-corrected chi connectivity index (χ0v) is 12.9. The van der Waals surface area contributed by atoms with Gasteiger partial charge in [-0.25, -0.2) is 0 Å². The lowest BCUT2D eigenvalue weighted by atomic mass is 9.91. The van der Waals surface area contributed by atoms with Crippen LogP contribution in [0.25, 0.3) is 0 Å². The van der Waals surface area contributed by atoms with Crippen LogP contribution in [0.4, 0.5) is 5.69 Å². The predicted octanol–water partition coefficient (Wildman–Crippen LogP) is 2.11. The molecule has 2 heterocycles. The topological polar surface area (TPSA) is 71.0 Å². The van der Waals surface area contributed by atoms with Crippen molar-refractivity contribution in [3.05, 3.63) is 48.7 Å². The summed E-state index contributed by atoms with van der Waals surface area (Å²) in [7, 11) is 1.54. The fourth-order valence-electron chi connectivity index (χ4n) is 2.68. The molecule has 1 atom stereocenters. The molecule has 2 amide bonds. The molecule has 0 aliphatic carbocycles. The molecule has 118 valence electrons. The lowest BCUT2D eigenvalue weighted by molar-refractivity contribution is -0.130. The number of hydrogen-bond acceptors (Lipinski definition) is 4. The summed E-state index contributed by atoms with van der Waals surface area (Å²) in [6.07, 6.45) is 7.07. The fraction of sp³-hybridized carbons (Fsp3) is 0.235. The molecule has 1 aromatic carbocycles. The Morgan fingerprint density at radius 1 is 1.35 bits per heavy atom. The maximum atomic E-state index is 12.9. The minimum absolute atomic E-state index is 0.00959. The second kappa shape index (κ2) is 5.72. The van der Waals surface area contributed by atoms with E-state index in [0.29, 0.717) is 17.3 Å². The highest BCUT2D eigenvalue weighted by molar-refractivity contribution is 6.12. The number of rotatable bonds is 3. The van der Waals surface area contributed by atoms with E-state index in [-0.39, 0.29) is 18.2 Å². The summed E-state index contributed by atoms with van der Waals surface area (Å²) in [4.78, 5) is 30.5. The highest BCUT2D eigenvalue weighted by atomic mass is 16.5. The Labute approximate surface area is 134 Å². The van der Waals surface area contributed by atoms with Crippen LogP contribution in [0.15, 0.2) is 53.7 Å². The molecule has 1 N–H and O–H groups in total. The highest BCUT2D eigenvalue weighted by Crippen LogP contribution is 2.31. The number of para-hydroxylation sites is 2. The molecule has 1 unspecified atom stereocenters. The summed E-state index contributed by atoms with van der Waals surface area (Å²) in [6, 6.07) is 7.15. The fourth-order valence-corrected chi connectivity index (χ4v) is 2.68. The third kappa shape index (κ3) is 2.63. The second-order valence-corrected chi connectivity index (χ2v) is 5.54. The number of allylic oxidation sites excluding steroid dienone is 2. The summed E-state index contributed by atoms with van der Waals surface area (Å²) in [6.45, 7) is 1.73. The third-order valence-electron chi connectivity index (χ3n) is 3.95. The number of aliphatic imine (C=N–C) groups is 1. The van der Waals surface area contributed by atoms with Crippen molar-refractivity contribution >= 4 is 23.3 Å². The first kappa shape index (κ1) is 15.0. The average molecular weight is 311 g/mol. The van der Waals surface area contributed by atoms with Crippen LogP contribution in [0.2, 0.25) is 0 Å². The minimum Gasteiger partial charge on any atom is -0.495 e. The number of nitrogens with one attached hydrogen (secondary N) is 1. The summed E-state index contributed by atoms with van der Waals surface area (Å²) >= 11 is 0. The van der Waals surface area contributed by atoms with Crippen LogP contribution in [0.5, 0.6) is 5.75 Å². The minimum atomic E-state index is -1.05. The molecule has 0 saturated carbocycles. The van der Waals surface area contributed by atoms with Crippen molar-refractivity contribution in [1.82, 2.24) is 4.90 Å². The molecule has 6 nitrogen and oxygen atoms in total. The Morgan fingerprint density at radius 2 is 2.13 bits per heavy atom. The van der Waals surface area contributed by atoms with E-state index in [4.69, 9.17) is 4.74 Å². The number of fused-ring (bicyclic) bond motifs is 1. The SMILES string of the molecule is COc1ccccc1NC(=O)C1(C)CC(=O)N=C2C=CC=CN21. The van der Waals surface area contributed by atoms with E-state index in [1.54, 1.807) is 49.4 Å². The van der Waals surface area contributed by atoms with Crippen LogP contribution in [-0.2, 0) is 9.59 Å². The lowest BCUT2D eigenvalue weighted by Gasteiger charge is -2.41. The van der Waals surface area contributed by atoms with Gasteiger partial charge in [0.2, 0.25) is 0 Å². The van der Waals surface area contributed by atoms with Gasteiger partial charge in [0.25, 0.3) is 11.8 Å². The van der Waals surface area contributed by atoms with Crippen molar-refractivity contribution in [3.8, 4) is 5.75 Å². The van der Waals surface area contributed by atoms with Gasteiger partial charge in [-0.1, -0.05) is 18.2 Å². The number of carbonyl (C=O) groups excluding carboxylic acids is 2. The summed E-state index contributed by atoms with van der Waals surface area (Å²) < 4.78 is 5.25. The zero-order chi connectivity index (χ0) is 16.4. The number of amides is 2. The van der Waals surface area contributed by atoms with E-state index in [9.17, 15) is 9.59 Å². The van der Waals surface area contributed by atoms with Crippen molar-refractivity contribution in [1.29, 1.82) is 0 Å². The lowest BCUT2D eigenvalue weighted by Crippen LogP contribution is -2.58. The molecular formula is C17H17N3O3. The zero-order valence-electron chi connectivity index (χ0n) is 12.9. The molecule has 0 aromatic heterocycles. The normalized spacial score (nSPS) is 22.4. The molecule has 0 fully saturated rings. The van der Waals surface area contributed by atoms with E-state index in [2.05, 4.69) is 10.3 Å². The smallest absolute Gasteiger partial charge is 0.251 e. The first-order valence-electron chi connectivity index (χ1n) is 7.25. The van der Waals surface area contributed by atoms with Crippen LogP contribution >= 0.6 is 0 Å². The number of nitrogens with zero attached hydrogens (tertiary/aromatic N) is 2. The first-order chi connectivity index (χ1) is 11.0. The molecule has 0 bridgehead atoms. The van der Waals surface area contributed by atoms with E-state index in [1.165, 1.54) is 0 Å². The Morgan fingerprint density at radius 3 is 2.91 bits per heavy atom. The number of carbonyl (C=O) groups is 2. The quantitative estimate of drug-likeness (QED) is 0.928. The number of anilines is 1. The number of benzene rings is 1. The summed E-state index contributed by atoms with van der Waals surface area (Å²) in [5.41, 5.74) is -0.481. The van der Waals surface area contributed by atoms with E-state index in [0.717, 1.165) is 0 Å². The van der Waals surface area contributed by atoms with E-state index >= 15 is 0 Å². The molecule has 1 aromatic rings. The standard InChI is InChI=1S/C17H17N3O3/c1-17(11-15(21)19-14-9-5-6-10-20(14)17)16(22)18-12-7-3-4-8-13(12)23-2/h3-10H,11H2,1-2H3,(H,18,22). The predicted molar refractivity (Wildman–Crippen MR) is 87.2 cm³/mol. The van der Waals surface area contributed by atoms with Gasteiger partial charge in [0, 0.05) is 6.20 Å². The van der Waals surface area contributed by atoms with Gasteiger partial charge in [-0.3, -0.25) is 9.59 Å². The van der Waals surface area contributed by atoms with Gasteiger partial charge >= 0.3 is 0 Å². The van der Waals surface area contributed by atoms with Crippen LogP contribution < -0.4 is 10.1 Å². The van der Waals surface area contributed by atoms with Gasteiger partial charge in [0.15, 0.2) is 0 Å². The van der Waals surface area contributed by atoms with Crippen LogP contribution in [0, 0.1) is 0 Å². The maximum Gasteiger partial charge on any atom is 0.251 e. The van der Waals surface area contributed by atoms with Gasteiger partial charge in [-0.2, -0.15) is 4.99 Å². The van der Waals surface area contributed by atoms with E-state index < -0.39 is 5.54 Å². The molecule has 0 spiro atoms. The van der Waals surface area contributed by atoms with Gasteiger partial charge in [0.1, 0.15) is 17.1 Å². The Balaban J connectivity index is 1.91. The van der Waals surface area contributed by atoms with Gasteiger partial charge in [-0.15, -0.1) is 0 Å².